The predicted molar refractivity (Wildman–Crippen MR) is 81.7 cm³/mol. The Bertz CT molecular complexity index is 619. The summed E-state index contributed by atoms with van der Waals surface area (Å²) in [6, 6.07) is 8.11. The first-order valence-corrected chi connectivity index (χ1v) is 8.55. The molecule has 2 rings (SSSR count). The summed E-state index contributed by atoms with van der Waals surface area (Å²) in [5.41, 5.74) is 0.470. The summed E-state index contributed by atoms with van der Waals surface area (Å²) < 4.78 is 22.8. The SMILES string of the molecule is O=C(NC(=S)N[C@H]1CS(=O)(=O)C[C@@H]1Cl)c1ccccc1. The van der Waals surface area contributed by atoms with Crippen LogP contribution in [0.4, 0.5) is 0 Å². The van der Waals surface area contributed by atoms with Crippen molar-refractivity contribution in [2.45, 2.75) is 11.4 Å². The Hall–Kier alpha value is -1.18. The number of benzene rings is 1. The second-order valence-electron chi connectivity index (χ2n) is 4.49. The zero-order chi connectivity index (χ0) is 14.8. The monoisotopic (exact) mass is 332 g/mol. The van der Waals surface area contributed by atoms with E-state index in [1.54, 1.807) is 30.3 Å². The summed E-state index contributed by atoms with van der Waals surface area (Å²) >= 11 is 10.9. The summed E-state index contributed by atoms with van der Waals surface area (Å²) in [6.07, 6.45) is 0. The normalized spacial score (nSPS) is 24.1. The Morgan fingerprint density at radius 1 is 1.25 bits per heavy atom. The fourth-order valence-electron chi connectivity index (χ4n) is 1.91. The van der Waals surface area contributed by atoms with Crippen molar-refractivity contribution in [3.8, 4) is 0 Å². The number of thiocarbonyl (C=S) groups is 1. The molecule has 1 fully saturated rings. The van der Waals surface area contributed by atoms with Crippen LogP contribution in [0.15, 0.2) is 30.3 Å². The van der Waals surface area contributed by atoms with Gasteiger partial charge in [-0.15, -0.1) is 11.6 Å². The number of amides is 1. The van der Waals surface area contributed by atoms with Gasteiger partial charge in [-0.3, -0.25) is 10.1 Å². The van der Waals surface area contributed by atoms with Crippen molar-refractivity contribution < 1.29 is 13.2 Å². The zero-order valence-corrected chi connectivity index (χ0v) is 12.8. The minimum atomic E-state index is -3.14. The standard InChI is InChI=1S/C12H13ClN2O3S2/c13-9-6-20(17,18)7-10(9)14-12(19)15-11(16)8-4-2-1-3-5-8/h1-5,9-10H,6-7H2,(H2,14,15,16,19)/t9-,10-/m0/s1. The highest BCUT2D eigenvalue weighted by Gasteiger charge is 2.36. The van der Waals surface area contributed by atoms with E-state index >= 15 is 0 Å². The van der Waals surface area contributed by atoms with Gasteiger partial charge in [-0.1, -0.05) is 18.2 Å². The van der Waals surface area contributed by atoms with E-state index in [0.29, 0.717) is 5.56 Å². The first kappa shape index (κ1) is 15.2. The molecule has 2 atom stereocenters. The number of carbonyl (C=O) groups is 1. The minimum Gasteiger partial charge on any atom is -0.357 e. The maximum atomic E-state index is 11.8. The van der Waals surface area contributed by atoms with E-state index in [1.165, 1.54) is 0 Å². The van der Waals surface area contributed by atoms with E-state index in [-0.39, 0.29) is 22.5 Å². The van der Waals surface area contributed by atoms with E-state index in [4.69, 9.17) is 23.8 Å². The molecule has 1 aromatic rings. The molecule has 2 N–H and O–H groups in total. The second-order valence-corrected chi connectivity index (χ2v) is 7.62. The number of halogens is 1. The third-order valence-corrected chi connectivity index (χ3v) is 5.46. The highest BCUT2D eigenvalue weighted by atomic mass is 35.5. The number of alkyl halides is 1. The van der Waals surface area contributed by atoms with Crippen LogP contribution in [-0.4, -0.2) is 42.4 Å². The highest BCUT2D eigenvalue weighted by Crippen LogP contribution is 2.17. The molecule has 0 bridgehead atoms. The van der Waals surface area contributed by atoms with E-state index in [9.17, 15) is 13.2 Å². The van der Waals surface area contributed by atoms with Crippen LogP contribution in [0.5, 0.6) is 0 Å². The Labute approximate surface area is 127 Å². The van der Waals surface area contributed by atoms with Gasteiger partial charge in [0.05, 0.1) is 22.9 Å². The average Bonchev–Trinajstić information content (AvgIpc) is 2.63. The summed E-state index contributed by atoms with van der Waals surface area (Å²) in [5.74, 6) is -0.514. The number of nitrogens with one attached hydrogen (secondary N) is 2. The second kappa shape index (κ2) is 6.07. The van der Waals surface area contributed by atoms with Crippen LogP contribution >= 0.6 is 23.8 Å². The molecular formula is C12H13ClN2O3S2. The molecule has 1 heterocycles. The van der Waals surface area contributed by atoms with Crippen molar-refractivity contribution in [1.82, 2.24) is 10.6 Å². The predicted octanol–water partition coefficient (Wildman–Crippen LogP) is 0.695. The molecule has 5 nitrogen and oxygen atoms in total. The number of hydrogen-bond acceptors (Lipinski definition) is 4. The van der Waals surface area contributed by atoms with E-state index in [0.717, 1.165) is 0 Å². The maximum absolute atomic E-state index is 11.8. The first-order chi connectivity index (χ1) is 9.37. The molecule has 0 aliphatic carbocycles. The van der Waals surface area contributed by atoms with Crippen LogP contribution in [0.1, 0.15) is 10.4 Å². The quantitative estimate of drug-likeness (QED) is 0.616. The van der Waals surface area contributed by atoms with E-state index < -0.39 is 21.3 Å². The number of hydrogen-bond donors (Lipinski definition) is 2. The number of sulfone groups is 1. The molecule has 1 aliphatic rings. The van der Waals surface area contributed by atoms with Crippen molar-refractivity contribution in [3.05, 3.63) is 35.9 Å². The summed E-state index contributed by atoms with van der Waals surface area (Å²) in [6.45, 7) is 0. The van der Waals surface area contributed by atoms with Gasteiger partial charge in [0.15, 0.2) is 14.9 Å². The van der Waals surface area contributed by atoms with Gasteiger partial charge in [0.2, 0.25) is 0 Å². The Kier molecular flexibility index (Phi) is 4.62. The van der Waals surface area contributed by atoms with Crippen LogP contribution in [0.2, 0.25) is 0 Å². The van der Waals surface area contributed by atoms with Crippen LogP contribution in [0.25, 0.3) is 0 Å². The largest absolute Gasteiger partial charge is 0.357 e. The fraction of sp³-hybridized carbons (Fsp3) is 0.333. The van der Waals surface area contributed by atoms with Gasteiger partial charge in [0.1, 0.15) is 0 Å². The Morgan fingerprint density at radius 3 is 2.45 bits per heavy atom. The van der Waals surface area contributed by atoms with Crippen molar-refractivity contribution in [1.29, 1.82) is 0 Å². The Balaban J connectivity index is 1.92. The molecule has 0 radical (unpaired) electrons. The van der Waals surface area contributed by atoms with Crippen LogP contribution in [0.3, 0.4) is 0 Å². The molecule has 1 aliphatic heterocycles. The molecule has 1 saturated heterocycles. The average molecular weight is 333 g/mol. The lowest BCUT2D eigenvalue weighted by Crippen LogP contribution is -2.47. The molecule has 0 aromatic heterocycles. The van der Waals surface area contributed by atoms with E-state index in [1.807, 2.05) is 0 Å². The number of carbonyl (C=O) groups excluding carboxylic acids is 1. The van der Waals surface area contributed by atoms with Gasteiger partial charge in [0, 0.05) is 5.56 Å². The maximum Gasteiger partial charge on any atom is 0.257 e. The van der Waals surface area contributed by atoms with Crippen molar-refractivity contribution in [3.63, 3.8) is 0 Å². The number of rotatable bonds is 2. The van der Waals surface area contributed by atoms with Gasteiger partial charge in [-0.2, -0.15) is 0 Å². The molecule has 1 amide bonds. The minimum absolute atomic E-state index is 0.0756. The third kappa shape index (κ3) is 3.91. The molecule has 108 valence electrons. The van der Waals surface area contributed by atoms with Crippen molar-refractivity contribution in [2.24, 2.45) is 0 Å². The first-order valence-electron chi connectivity index (χ1n) is 5.89. The molecule has 0 unspecified atom stereocenters. The Morgan fingerprint density at radius 2 is 1.90 bits per heavy atom. The van der Waals surface area contributed by atoms with Crippen molar-refractivity contribution in [2.75, 3.05) is 11.5 Å². The molecule has 0 spiro atoms. The molecule has 20 heavy (non-hydrogen) atoms. The zero-order valence-electron chi connectivity index (χ0n) is 10.4. The smallest absolute Gasteiger partial charge is 0.257 e. The van der Waals surface area contributed by atoms with Crippen LogP contribution in [0, 0.1) is 0 Å². The van der Waals surface area contributed by atoms with E-state index in [2.05, 4.69) is 10.6 Å². The molecule has 8 heteroatoms. The summed E-state index contributed by atoms with van der Waals surface area (Å²) in [4.78, 5) is 11.8. The molecule has 0 saturated carbocycles. The highest BCUT2D eigenvalue weighted by molar-refractivity contribution is 7.91. The lowest BCUT2D eigenvalue weighted by molar-refractivity contribution is 0.0976. The van der Waals surface area contributed by atoms with Gasteiger partial charge in [-0.05, 0) is 24.4 Å². The van der Waals surface area contributed by atoms with Gasteiger partial charge in [0.25, 0.3) is 5.91 Å². The lowest BCUT2D eigenvalue weighted by Gasteiger charge is -2.16. The lowest BCUT2D eigenvalue weighted by atomic mass is 10.2. The van der Waals surface area contributed by atoms with Gasteiger partial charge in [-0.25, -0.2) is 8.42 Å². The molecule has 1 aromatic carbocycles. The van der Waals surface area contributed by atoms with Gasteiger partial charge < -0.3 is 5.32 Å². The van der Waals surface area contributed by atoms with Crippen LogP contribution < -0.4 is 10.6 Å². The van der Waals surface area contributed by atoms with Gasteiger partial charge >= 0.3 is 0 Å². The fourth-order valence-corrected chi connectivity index (χ4v) is 4.70. The summed E-state index contributed by atoms with van der Waals surface area (Å²) in [5, 5.41) is 4.80. The van der Waals surface area contributed by atoms with Crippen LogP contribution in [-0.2, 0) is 9.84 Å². The topological polar surface area (TPSA) is 75.3 Å². The van der Waals surface area contributed by atoms with Crippen molar-refractivity contribution >= 4 is 44.7 Å². The summed E-state index contributed by atoms with van der Waals surface area (Å²) in [7, 11) is -3.14. The molecular weight excluding hydrogens is 320 g/mol. The third-order valence-electron chi connectivity index (χ3n) is 2.86.